The van der Waals surface area contributed by atoms with Gasteiger partial charge in [0.25, 0.3) is 0 Å². The average Bonchev–Trinajstić information content (AvgIpc) is 3.38. The van der Waals surface area contributed by atoms with Crippen molar-refractivity contribution in [1.82, 2.24) is 0 Å². The van der Waals surface area contributed by atoms with Crippen molar-refractivity contribution in [2.75, 3.05) is 7.11 Å². The van der Waals surface area contributed by atoms with E-state index in [-0.39, 0.29) is 30.6 Å². The molecule has 7 nitrogen and oxygen atoms in total. The van der Waals surface area contributed by atoms with Gasteiger partial charge in [0.05, 0.1) is 30.8 Å². The Hall–Kier alpha value is -1.92. The Labute approximate surface area is 177 Å². The fraction of sp³-hybridized carbons (Fsp3) is 0.826. The summed E-state index contributed by atoms with van der Waals surface area (Å²) >= 11 is 0. The van der Waals surface area contributed by atoms with Crippen molar-refractivity contribution in [1.29, 1.82) is 0 Å². The van der Waals surface area contributed by atoms with Gasteiger partial charge >= 0.3 is 23.9 Å². The van der Waals surface area contributed by atoms with Gasteiger partial charge in [-0.3, -0.25) is 19.2 Å². The first-order chi connectivity index (χ1) is 14.0. The highest BCUT2D eigenvalue weighted by Crippen LogP contribution is 2.60. The predicted molar refractivity (Wildman–Crippen MR) is 105 cm³/mol. The molecule has 0 radical (unpaired) electrons. The molecule has 4 fully saturated rings. The zero-order valence-corrected chi connectivity index (χ0v) is 18.4. The molecule has 9 unspecified atom stereocenters. The number of ether oxygens (including phenoxy) is 3. The van der Waals surface area contributed by atoms with Crippen molar-refractivity contribution >= 4 is 23.9 Å². The lowest BCUT2D eigenvalue weighted by atomic mass is 9.59. The van der Waals surface area contributed by atoms with E-state index in [4.69, 9.17) is 14.2 Å². The highest BCUT2D eigenvalue weighted by molar-refractivity contribution is 6.00. The number of methoxy groups -OCH3 is 1. The molecule has 2 saturated heterocycles. The number of carbonyl (C=O) groups excluding carboxylic acids is 4. The number of esters is 4. The Balaban J connectivity index is 1.73. The van der Waals surface area contributed by atoms with Gasteiger partial charge in [0, 0.05) is 12.3 Å². The lowest BCUT2D eigenvalue weighted by molar-refractivity contribution is -0.172. The number of rotatable bonds is 5. The van der Waals surface area contributed by atoms with E-state index in [2.05, 4.69) is 6.92 Å². The van der Waals surface area contributed by atoms with E-state index >= 15 is 0 Å². The van der Waals surface area contributed by atoms with Crippen LogP contribution in [0.2, 0.25) is 0 Å². The molecule has 30 heavy (non-hydrogen) atoms. The molecule has 166 valence electrons. The van der Waals surface area contributed by atoms with Crippen molar-refractivity contribution in [2.45, 2.75) is 65.4 Å². The highest BCUT2D eigenvalue weighted by Gasteiger charge is 2.65. The minimum Gasteiger partial charge on any atom is -0.469 e. The standard InChI is InChI=1S/C23H32O7/c1-11-8-15(24)30-23(11,4)10-22(3,21(27)28-5)18-17(19(25)29-20(18)26)16-12(2)13-6-7-14(16)9-13/h11-14,16-18H,6-10H2,1-5H3. The number of cyclic esters (lactones) is 3. The van der Waals surface area contributed by atoms with Crippen LogP contribution in [0.15, 0.2) is 0 Å². The first-order valence-corrected chi connectivity index (χ1v) is 11.1. The van der Waals surface area contributed by atoms with Gasteiger partial charge in [0.15, 0.2) is 0 Å². The van der Waals surface area contributed by atoms with Crippen LogP contribution in [0.4, 0.5) is 0 Å². The molecule has 2 saturated carbocycles. The summed E-state index contributed by atoms with van der Waals surface area (Å²) in [5, 5.41) is 0. The van der Waals surface area contributed by atoms with Crippen molar-refractivity contribution < 1.29 is 33.4 Å². The molecular formula is C23H32O7. The number of fused-ring (bicyclic) bond motifs is 2. The van der Waals surface area contributed by atoms with Crippen molar-refractivity contribution in [3.8, 4) is 0 Å². The molecule has 4 aliphatic rings. The minimum absolute atomic E-state index is 0.0213. The molecule has 2 bridgehead atoms. The molecule has 0 N–H and O–H groups in total. The van der Waals surface area contributed by atoms with Crippen LogP contribution in [0.5, 0.6) is 0 Å². The maximum Gasteiger partial charge on any atom is 0.318 e. The highest BCUT2D eigenvalue weighted by atomic mass is 16.6. The molecule has 2 aliphatic heterocycles. The monoisotopic (exact) mass is 420 g/mol. The van der Waals surface area contributed by atoms with Crippen LogP contribution in [0.1, 0.15) is 59.8 Å². The van der Waals surface area contributed by atoms with Crippen molar-refractivity contribution in [2.24, 2.45) is 46.8 Å². The molecule has 0 aromatic rings. The predicted octanol–water partition coefficient (Wildman–Crippen LogP) is 2.90. The fourth-order valence-corrected chi connectivity index (χ4v) is 7.14. The van der Waals surface area contributed by atoms with Gasteiger partial charge < -0.3 is 14.2 Å². The first-order valence-electron chi connectivity index (χ1n) is 11.1. The minimum atomic E-state index is -1.34. The van der Waals surface area contributed by atoms with Crippen molar-refractivity contribution in [3.05, 3.63) is 0 Å². The largest absolute Gasteiger partial charge is 0.469 e. The van der Waals surface area contributed by atoms with Crippen LogP contribution in [0, 0.1) is 46.8 Å². The Bertz CT molecular complexity index is 788. The van der Waals surface area contributed by atoms with E-state index in [1.54, 1.807) is 13.8 Å². The lowest BCUT2D eigenvalue weighted by Gasteiger charge is -2.42. The van der Waals surface area contributed by atoms with E-state index in [0.29, 0.717) is 17.8 Å². The van der Waals surface area contributed by atoms with Crippen LogP contribution >= 0.6 is 0 Å². The third kappa shape index (κ3) is 2.99. The second kappa shape index (κ2) is 7.06. The van der Waals surface area contributed by atoms with E-state index in [1.165, 1.54) is 7.11 Å². The molecular weight excluding hydrogens is 388 g/mol. The molecule has 0 aromatic carbocycles. The van der Waals surface area contributed by atoms with Crippen LogP contribution < -0.4 is 0 Å². The van der Waals surface area contributed by atoms with Crippen LogP contribution in [0.25, 0.3) is 0 Å². The fourth-order valence-electron chi connectivity index (χ4n) is 7.14. The second-order valence-electron chi connectivity index (χ2n) is 10.5. The van der Waals surface area contributed by atoms with Gasteiger partial charge in [-0.25, -0.2) is 0 Å². The Morgan fingerprint density at radius 1 is 1.17 bits per heavy atom. The van der Waals surface area contributed by atoms with Crippen molar-refractivity contribution in [3.63, 3.8) is 0 Å². The summed E-state index contributed by atoms with van der Waals surface area (Å²) in [6, 6.07) is 0. The van der Waals surface area contributed by atoms with E-state index < -0.39 is 40.8 Å². The average molecular weight is 421 g/mol. The number of hydrogen-bond donors (Lipinski definition) is 0. The van der Waals surface area contributed by atoms with Crippen LogP contribution in [0.3, 0.4) is 0 Å². The first kappa shape index (κ1) is 21.3. The van der Waals surface area contributed by atoms with Gasteiger partial charge in [-0.2, -0.15) is 0 Å². The molecule has 7 heteroatoms. The summed E-state index contributed by atoms with van der Waals surface area (Å²) in [7, 11) is 1.28. The maximum absolute atomic E-state index is 13.1. The van der Waals surface area contributed by atoms with Crippen LogP contribution in [-0.4, -0.2) is 36.6 Å². The van der Waals surface area contributed by atoms with E-state index in [0.717, 1.165) is 19.3 Å². The van der Waals surface area contributed by atoms with Gasteiger partial charge in [-0.05, 0) is 56.8 Å². The Morgan fingerprint density at radius 3 is 2.37 bits per heavy atom. The summed E-state index contributed by atoms with van der Waals surface area (Å²) in [4.78, 5) is 51.0. The maximum atomic E-state index is 13.1. The summed E-state index contributed by atoms with van der Waals surface area (Å²) in [5.74, 6) is -2.55. The Kier molecular flexibility index (Phi) is 5.02. The smallest absolute Gasteiger partial charge is 0.318 e. The number of hydrogen-bond acceptors (Lipinski definition) is 7. The quantitative estimate of drug-likeness (QED) is 0.383. The third-order valence-corrected chi connectivity index (χ3v) is 8.83. The third-order valence-electron chi connectivity index (χ3n) is 8.83. The normalized spacial score (nSPS) is 44.7. The Morgan fingerprint density at radius 2 is 1.83 bits per heavy atom. The van der Waals surface area contributed by atoms with Crippen LogP contribution in [-0.2, 0) is 33.4 Å². The van der Waals surface area contributed by atoms with Gasteiger partial charge in [-0.1, -0.05) is 13.8 Å². The lowest BCUT2D eigenvalue weighted by Crippen LogP contribution is -2.50. The molecule has 9 atom stereocenters. The summed E-state index contributed by atoms with van der Waals surface area (Å²) in [5.41, 5.74) is -2.26. The second-order valence-corrected chi connectivity index (χ2v) is 10.5. The topological polar surface area (TPSA) is 96.0 Å². The molecule has 4 rings (SSSR count). The SMILES string of the molecule is COC(=O)C(C)(CC1(C)OC(=O)CC1C)C1C(=O)OC(=O)C1C1C2CCC(C2)C1C. The zero-order chi connectivity index (χ0) is 22.0. The molecule has 0 amide bonds. The molecule has 0 aromatic heterocycles. The van der Waals surface area contributed by atoms with Gasteiger partial charge in [-0.15, -0.1) is 0 Å². The molecule has 2 heterocycles. The summed E-state index contributed by atoms with van der Waals surface area (Å²) < 4.78 is 15.9. The molecule has 0 spiro atoms. The number of carbonyl (C=O) groups is 4. The summed E-state index contributed by atoms with van der Waals surface area (Å²) in [6.07, 6.45) is 3.64. The van der Waals surface area contributed by atoms with Gasteiger partial charge in [0.2, 0.25) is 0 Å². The van der Waals surface area contributed by atoms with E-state index in [1.807, 2.05) is 6.92 Å². The summed E-state index contributed by atoms with van der Waals surface area (Å²) in [6.45, 7) is 7.51. The zero-order valence-electron chi connectivity index (χ0n) is 18.4. The van der Waals surface area contributed by atoms with Gasteiger partial charge in [0.1, 0.15) is 5.60 Å². The molecule has 2 aliphatic carbocycles. The van der Waals surface area contributed by atoms with E-state index in [9.17, 15) is 19.2 Å².